The lowest BCUT2D eigenvalue weighted by molar-refractivity contribution is -0.153. The number of fused-ring (bicyclic) bond motifs is 3. The van der Waals surface area contributed by atoms with Crippen molar-refractivity contribution in [3.63, 3.8) is 0 Å². The molecule has 9 heterocycles. The average molecular weight is 1280 g/mol. The van der Waals surface area contributed by atoms with E-state index in [9.17, 15) is 54.7 Å². The molecule has 0 aromatic carbocycles. The van der Waals surface area contributed by atoms with E-state index in [0.717, 1.165) is 120 Å². The molecule has 3 N–H and O–H groups in total. The summed E-state index contributed by atoms with van der Waals surface area (Å²) in [4.78, 5) is 78.4. The van der Waals surface area contributed by atoms with E-state index in [1.165, 1.54) is 0 Å². The summed E-state index contributed by atoms with van der Waals surface area (Å²) in [5, 5.41) is 37.9. The highest BCUT2D eigenvalue weighted by molar-refractivity contribution is 5.95. The Hall–Kier alpha value is -8.34. The standard InChI is InChI=1S/C22H24F3N5O2.C21H22F2N6O2.C20H22F2N6O/c23-21(8-9-21)18(32)29-11-20(12-29)6-4-13(5-7-20)15-2-1-3-16-26-19(28-30(15)16)27-17(31)14-10-22(14,24)25;22-21(23)10-14(21)18(31)26-19-25-16-3-1-2-15(29(16)27-19)13-4-7-20(8-5-13)11-28(12-20)17(30)6-9-24;21-20(22)10-14(20)17(29)25-18-24-16-3-1-2-15(28(16)26-18)13-4-6-19(7-5-13)11-27(12-19)9-8-23/h1-3,13-14H,4-12H2,(H,27,28,31);1-3,13-14H,4-8,10-12H2,(H,26,27,31);1-3,13-14H,4-7,9-12H2,(H,25,26,29)/t3*14-/m111/s1. The van der Waals surface area contributed by atoms with E-state index in [4.69, 9.17) is 10.5 Å². The number of aromatic nitrogens is 9. The number of nitriles is 2. The second kappa shape index (κ2) is 22.5. The number of carbonyl (C=O) groups excluding carboxylic acids is 5. The summed E-state index contributed by atoms with van der Waals surface area (Å²) in [6, 6.07) is 21.1. The van der Waals surface area contributed by atoms with Crippen molar-refractivity contribution in [3.05, 3.63) is 71.7 Å². The fourth-order valence-corrected chi connectivity index (χ4v) is 15.2. The molecular weight excluding hydrogens is 1210 g/mol. The number of rotatable bonds is 12. The Morgan fingerprint density at radius 2 is 0.793 bits per heavy atom. The van der Waals surface area contributed by atoms with Crippen LogP contribution in [0.4, 0.5) is 48.6 Å². The summed E-state index contributed by atoms with van der Waals surface area (Å²) >= 11 is 0. The number of halogens is 7. The van der Waals surface area contributed by atoms with Crippen molar-refractivity contribution in [1.29, 1.82) is 10.5 Å². The normalized spacial score (nSPS) is 26.1. The van der Waals surface area contributed by atoms with Gasteiger partial charge in [-0.15, -0.1) is 15.3 Å². The zero-order valence-corrected chi connectivity index (χ0v) is 50.3. The van der Waals surface area contributed by atoms with E-state index >= 15 is 0 Å². The number of amides is 5. The van der Waals surface area contributed by atoms with E-state index in [2.05, 4.69) is 57.2 Å². The van der Waals surface area contributed by atoms with Crippen LogP contribution >= 0.6 is 0 Å². The van der Waals surface area contributed by atoms with Gasteiger partial charge in [0.25, 0.3) is 23.7 Å². The molecular formula is C63H68F7N17O5. The fraction of sp³-hybridized carbons (Fsp3) is 0.603. The highest BCUT2D eigenvalue weighted by atomic mass is 19.3. The summed E-state index contributed by atoms with van der Waals surface area (Å²) in [6.07, 6.45) is 11.3. The molecule has 3 atom stereocenters. The lowest BCUT2D eigenvalue weighted by Crippen LogP contribution is -2.61. The first-order valence-corrected chi connectivity index (χ1v) is 31.7. The van der Waals surface area contributed by atoms with Gasteiger partial charge >= 0.3 is 0 Å². The fourth-order valence-electron chi connectivity index (χ4n) is 15.2. The van der Waals surface area contributed by atoms with Gasteiger partial charge < -0.3 is 9.80 Å². The summed E-state index contributed by atoms with van der Waals surface area (Å²) in [5.74, 6) is -14.3. The molecule has 6 aromatic rings. The van der Waals surface area contributed by atoms with Gasteiger partial charge in [0.1, 0.15) is 24.2 Å². The Morgan fingerprint density at radius 3 is 1.10 bits per heavy atom. The first kappa shape index (κ1) is 61.2. The first-order valence-electron chi connectivity index (χ1n) is 31.7. The zero-order valence-electron chi connectivity index (χ0n) is 50.3. The van der Waals surface area contributed by atoms with E-state index in [0.29, 0.717) is 60.8 Å². The molecule has 10 fully saturated rings. The van der Waals surface area contributed by atoms with Crippen LogP contribution in [-0.4, -0.2) is 157 Å². The van der Waals surface area contributed by atoms with Crippen LogP contribution in [0.15, 0.2) is 54.6 Å². The number of hydrogen-bond acceptors (Lipinski definition) is 14. The first-order chi connectivity index (χ1) is 43.9. The highest BCUT2D eigenvalue weighted by Gasteiger charge is 2.63. The van der Waals surface area contributed by atoms with Gasteiger partial charge in [0.05, 0.1) is 18.7 Å². The molecule has 92 heavy (non-hydrogen) atoms. The molecule has 6 aromatic heterocycles. The van der Waals surface area contributed by atoms with Crippen molar-refractivity contribution in [3.8, 4) is 12.1 Å². The van der Waals surface area contributed by atoms with Gasteiger partial charge in [-0.3, -0.25) is 44.8 Å². The Morgan fingerprint density at radius 1 is 0.467 bits per heavy atom. The molecule has 484 valence electrons. The molecule has 22 nitrogen and oxygen atoms in total. The highest BCUT2D eigenvalue weighted by Crippen LogP contribution is 2.54. The summed E-state index contributed by atoms with van der Waals surface area (Å²) in [5.41, 5.74) is 3.69. The van der Waals surface area contributed by atoms with Crippen LogP contribution in [0.2, 0.25) is 0 Å². The van der Waals surface area contributed by atoms with Gasteiger partial charge in [-0.1, -0.05) is 18.2 Å². The molecule has 29 heteroatoms. The maximum atomic E-state index is 14.0. The summed E-state index contributed by atoms with van der Waals surface area (Å²) in [6.45, 7) is 5.22. The third-order valence-corrected chi connectivity index (χ3v) is 21.2. The zero-order chi connectivity index (χ0) is 64.3. The molecule has 0 radical (unpaired) electrons. The molecule has 0 bridgehead atoms. The van der Waals surface area contributed by atoms with Crippen molar-refractivity contribution in [2.24, 2.45) is 34.0 Å². The molecule has 5 amide bonds. The second-order valence-electron chi connectivity index (χ2n) is 27.8. The van der Waals surface area contributed by atoms with E-state index in [-0.39, 0.29) is 58.7 Å². The van der Waals surface area contributed by atoms with Crippen molar-refractivity contribution in [2.75, 3.05) is 61.8 Å². The van der Waals surface area contributed by atoms with Crippen LogP contribution in [0.1, 0.15) is 150 Å². The van der Waals surface area contributed by atoms with Crippen molar-refractivity contribution in [2.45, 2.75) is 157 Å². The van der Waals surface area contributed by atoms with Crippen molar-refractivity contribution < 1.29 is 54.7 Å². The maximum absolute atomic E-state index is 14.0. The Balaban J connectivity index is 0.000000120. The lowest BCUT2D eigenvalue weighted by Gasteiger charge is -2.53. The number of pyridine rings is 3. The van der Waals surface area contributed by atoms with Crippen LogP contribution in [0.3, 0.4) is 0 Å². The van der Waals surface area contributed by atoms with Gasteiger partial charge in [-0.25, -0.2) is 44.3 Å². The minimum Gasteiger partial charge on any atom is -0.341 e. The third-order valence-electron chi connectivity index (χ3n) is 21.2. The largest absolute Gasteiger partial charge is 0.341 e. The summed E-state index contributed by atoms with van der Waals surface area (Å²) in [7, 11) is 0. The van der Waals surface area contributed by atoms with Crippen molar-refractivity contribution >= 4 is 64.3 Å². The predicted molar refractivity (Wildman–Crippen MR) is 313 cm³/mol. The molecule has 3 aliphatic heterocycles. The molecule has 0 unspecified atom stereocenters. The number of nitrogens with one attached hydrogen (secondary N) is 3. The van der Waals surface area contributed by atoms with E-state index in [1.54, 1.807) is 41.5 Å². The molecule has 3 spiro atoms. The van der Waals surface area contributed by atoms with Crippen LogP contribution in [0, 0.1) is 56.7 Å². The molecule has 7 saturated carbocycles. The second-order valence-corrected chi connectivity index (χ2v) is 27.8. The number of nitrogens with zero attached hydrogens (tertiary/aromatic N) is 14. The topological polar surface area (TPSA) is 269 Å². The maximum Gasteiger partial charge on any atom is 0.260 e. The third kappa shape index (κ3) is 11.9. The van der Waals surface area contributed by atoms with Gasteiger partial charge in [-0.2, -0.15) is 25.5 Å². The number of anilines is 3. The van der Waals surface area contributed by atoms with Crippen LogP contribution < -0.4 is 16.0 Å². The van der Waals surface area contributed by atoms with Crippen molar-refractivity contribution in [1.82, 2.24) is 58.5 Å². The molecule has 3 saturated heterocycles. The number of likely N-dealkylation sites (tertiary alicyclic amines) is 3. The Bertz CT molecular complexity index is 4010. The molecule has 10 aliphatic rings. The number of alkyl halides is 7. The van der Waals surface area contributed by atoms with Gasteiger partial charge in [0, 0.05) is 104 Å². The molecule has 16 rings (SSSR count). The van der Waals surface area contributed by atoms with Crippen LogP contribution in [0.5, 0.6) is 0 Å². The smallest absolute Gasteiger partial charge is 0.260 e. The SMILES string of the molecule is N#CCC(=O)N1CC2(CCC(c3cccc4nc(NC(=O)[C@H]5CC5(F)F)nn34)CC2)C1.N#CCN1CC2(CCC(c3cccc4nc(NC(=O)[C@H]5CC5(F)F)nn34)CC2)C1.O=C(Nc1nc2cccc(C3CCC4(CC3)CN(C(=O)C3(F)CC3)C4)n2n1)[C@H]1CC1(F)F. The predicted octanol–water partition coefficient (Wildman–Crippen LogP) is 8.84. The van der Waals surface area contributed by atoms with E-state index < -0.39 is 78.2 Å². The monoisotopic (exact) mass is 1280 g/mol. The van der Waals surface area contributed by atoms with Crippen LogP contribution in [-0.2, 0) is 24.0 Å². The van der Waals surface area contributed by atoms with Gasteiger partial charge in [-0.05, 0) is 132 Å². The minimum absolute atomic E-state index is 0.0332. The van der Waals surface area contributed by atoms with E-state index in [1.807, 2.05) is 42.5 Å². The average Bonchev–Trinajstić information content (AvgIpc) is 0.929. The number of carbonyl (C=O) groups is 5. The number of hydrogen-bond donors (Lipinski definition) is 3. The Labute approximate surface area is 522 Å². The quantitative estimate of drug-likeness (QED) is 0.0763. The van der Waals surface area contributed by atoms with Gasteiger partial charge in [0.2, 0.25) is 41.5 Å². The molecule has 7 aliphatic carbocycles. The van der Waals surface area contributed by atoms with Gasteiger partial charge in [0.15, 0.2) is 22.6 Å². The lowest BCUT2D eigenvalue weighted by atomic mass is 9.65. The summed E-state index contributed by atoms with van der Waals surface area (Å²) < 4.78 is 97.9. The Kier molecular flexibility index (Phi) is 14.9. The van der Waals surface area contributed by atoms with Crippen LogP contribution in [0.25, 0.3) is 16.9 Å². The minimum atomic E-state index is -2.93.